The number of benzene rings is 3. The molecule has 0 heterocycles. The molecule has 8 nitrogen and oxygen atoms in total. The molecule has 0 bridgehead atoms. The van der Waals surface area contributed by atoms with Gasteiger partial charge in [-0.1, -0.05) is 30.3 Å². The number of nitrogens with one attached hydrogen (secondary N) is 2. The zero-order valence-corrected chi connectivity index (χ0v) is 17.6. The average Bonchev–Trinajstić information content (AvgIpc) is 2.85. The van der Waals surface area contributed by atoms with E-state index in [-0.39, 0.29) is 18.0 Å². The van der Waals surface area contributed by atoms with Gasteiger partial charge in [0.2, 0.25) is 0 Å². The van der Waals surface area contributed by atoms with E-state index in [0.717, 1.165) is 0 Å². The topological polar surface area (TPSA) is 103 Å². The van der Waals surface area contributed by atoms with Crippen molar-refractivity contribution in [2.45, 2.75) is 0 Å². The number of carbonyl (C=O) groups is 3. The van der Waals surface area contributed by atoms with Gasteiger partial charge in [-0.15, -0.1) is 0 Å². The van der Waals surface area contributed by atoms with E-state index in [1.54, 1.807) is 54.6 Å². The molecule has 3 rings (SSSR count). The third-order valence-electron chi connectivity index (χ3n) is 4.45. The summed E-state index contributed by atoms with van der Waals surface area (Å²) in [5, 5.41) is 0. The van der Waals surface area contributed by atoms with Gasteiger partial charge >= 0.3 is 0 Å². The van der Waals surface area contributed by atoms with Gasteiger partial charge in [-0.3, -0.25) is 25.2 Å². The molecule has 0 aliphatic carbocycles. The van der Waals surface area contributed by atoms with Crippen LogP contribution in [0.2, 0.25) is 0 Å². The molecule has 0 atom stereocenters. The van der Waals surface area contributed by atoms with Crippen molar-refractivity contribution in [1.29, 1.82) is 0 Å². The Balaban J connectivity index is 1.50. The molecule has 0 unspecified atom stereocenters. The van der Waals surface area contributed by atoms with Gasteiger partial charge < -0.3 is 14.2 Å². The van der Waals surface area contributed by atoms with Crippen LogP contribution in [0.5, 0.6) is 17.2 Å². The summed E-state index contributed by atoms with van der Waals surface area (Å²) in [7, 11) is 2.94. The molecular formula is C24H22N2O6. The van der Waals surface area contributed by atoms with Gasteiger partial charge in [-0.05, 0) is 36.4 Å². The monoisotopic (exact) mass is 434 g/mol. The predicted molar refractivity (Wildman–Crippen MR) is 117 cm³/mol. The van der Waals surface area contributed by atoms with E-state index in [9.17, 15) is 14.4 Å². The lowest BCUT2D eigenvalue weighted by Crippen LogP contribution is -2.43. The third-order valence-corrected chi connectivity index (χ3v) is 4.45. The Bertz CT molecular complexity index is 1070. The highest BCUT2D eigenvalue weighted by Gasteiger charge is 2.12. The van der Waals surface area contributed by atoms with E-state index >= 15 is 0 Å². The van der Waals surface area contributed by atoms with Crippen molar-refractivity contribution < 1.29 is 28.6 Å². The van der Waals surface area contributed by atoms with Gasteiger partial charge in [0.25, 0.3) is 11.8 Å². The van der Waals surface area contributed by atoms with Gasteiger partial charge in [-0.2, -0.15) is 0 Å². The fourth-order valence-corrected chi connectivity index (χ4v) is 2.78. The lowest BCUT2D eigenvalue weighted by atomic mass is 10.0. The Kier molecular flexibility index (Phi) is 7.42. The van der Waals surface area contributed by atoms with Crippen LogP contribution in [-0.4, -0.2) is 38.4 Å². The molecule has 2 amide bonds. The van der Waals surface area contributed by atoms with Gasteiger partial charge in [0.15, 0.2) is 12.4 Å². The summed E-state index contributed by atoms with van der Waals surface area (Å²) >= 11 is 0. The minimum absolute atomic E-state index is 0.105. The molecule has 2 N–H and O–H groups in total. The molecule has 0 aliphatic heterocycles. The molecular weight excluding hydrogens is 412 g/mol. The standard InChI is InChI=1S/C24H22N2O6/c1-30-20-12-18(13-21(14-20)31-2)24(29)26-25-22(27)15-32-19-10-8-17(9-11-19)23(28)16-6-4-3-5-7-16/h3-14H,15H2,1-2H3,(H,25,27)(H,26,29). The highest BCUT2D eigenvalue weighted by Crippen LogP contribution is 2.22. The molecule has 3 aromatic rings. The Morgan fingerprint density at radius 3 is 1.88 bits per heavy atom. The highest BCUT2D eigenvalue weighted by molar-refractivity contribution is 6.09. The normalized spacial score (nSPS) is 10.1. The summed E-state index contributed by atoms with van der Waals surface area (Å²) < 4.78 is 15.6. The molecule has 0 aromatic heterocycles. The van der Waals surface area contributed by atoms with Crippen molar-refractivity contribution in [3.63, 3.8) is 0 Å². The molecule has 0 spiro atoms. The number of amides is 2. The maximum atomic E-state index is 12.4. The Labute approximate surface area is 185 Å². The number of ketones is 1. The van der Waals surface area contributed by atoms with Crippen molar-refractivity contribution in [3.8, 4) is 17.2 Å². The van der Waals surface area contributed by atoms with Gasteiger partial charge in [-0.25, -0.2) is 0 Å². The first-order valence-corrected chi connectivity index (χ1v) is 9.65. The van der Waals surface area contributed by atoms with Crippen molar-refractivity contribution in [3.05, 3.63) is 89.5 Å². The number of carbonyl (C=O) groups excluding carboxylic acids is 3. The summed E-state index contributed by atoms with van der Waals surface area (Å²) in [5.74, 6) is 0.0917. The van der Waals surface area contributed by atoms with E-state index < -0.39 is 11.8 Å². The second-order valence-electron chi connectivity index (χ2n) is 6.61. The van der Waals surface area contributed by atoms with Crippen LogP contribution in [0, 0.1) is 0 Å². The van der Waals surface area contributed by atoms with Crippen LogP contribution >= 0.6 is 0 Å². The van der Waals surface area contributed by atoms with Crippen LogP contribution < -0.4 is 25.1 Å². The highest BCUT2D eigenvalue weighted by atomic mass is 16.5. The Morgan fingerprint density at radius 2 is 1.28 bits per heavy atom. The summed E-state index contributed by atoms with van der Waals surface area (Å²) in [6.45, 7) is -0.326. The smallest absolute Gasteiger partial charge is 0.276 e. The molecule has 0 aliphatic rings. The maximum absolute atomic E-state index is 12.4. The first-order valence-electron chi connectivity index (χ1n) is 9.65. The number of rotatable bonds is 8. The van der Waals surface area contributed by atoms with E-state index in [0.29, 0.717) is 28.4 Å². The molecule has 32 heavy (non-hydrogen) atoms. The third kappa shape index (κ3) is 5.85. The van der Waals surface area contributed by atoms with Gasteiger partial charge in [0.05, 0.1) is 14.2 Å². The van der Waals surface area contributed by atoms with Crippen molar-refractivity contribution in [2.75, 3.05) is 20.8 Å². The second-order valence-corrected chi connectivity index (χ2v) is 6.61. The lowest BCUT2D eigenvalue weighted by molar-refractivity contribution is -0.123. The molecule has 164 valence electrons. The predicted octanol–water partition coefficient (Wildman–Crippen LogP) is 2.77. The molecule has 0 saturated heterocycles. The van der Waals surface area contributed by atoms with E-state index in [2.05, 4.69) is 10.9 Å². The van der Waals surface area contributed by atoms with Crippen LogP contribution in [-0.2, 0) is 4.79 Å². The molecule has 0 radical (unpaired) electrons. The van der Waals surface area contributed by atoms with Gasteiger partial charge in [0, 0.05) is 22.8 Å². The van der Waals surface area contributed by atoms with Crippen LogP contribution in [0.15, 0.2) is 72.8 Å². The van der Waals surface area contributed by atoms with Crippen molar-refractivity contribution in [1.82, 2.24) is 10.9 Å². The summed E-state index contributed by atoms with van der Waals surface area (Å²) in [4.78, 5) is 36.7. The Hall–Kier alpha value is -4.33. The molecule has 3 aromatic carbocycles. The summed E-state index contributed by atoms with van der Waals surface area (Å²) in [5.41, 5.74) is 5.93. The second kappa shape index (κ2) is 10.6. The van der Waals surface area contributed by atoms with E-state index in [1.807, 2.05) is 6.07 Å². The zero-order valence-electron chi connectivity index (χ0n) is 17.6. The van der Waals surface area contributed by atoms with Crippen LogP contribution in [0.4, 0.5) is 0 Å². The maximum Gasteiger partial charge on any atom is 0.276 e. The number of hydrogen-bond donors (Lipinski definition) is 2. The van der Waals surface area contributed by atoms with Crippen LogP contribution in [0.25, 0.3) is 0 Å². The quantitative estimate of drug-likeness (QED) is 0.418. The fourth-order valence-electron chi connectivity index (χ4n) is 2.78. The number of ether oxygens (including phenoxy) is 3. The number of hydrazine groups is 1. The number of hydrogen-bond acceptors (Lipinski definition) is 6. The largest absolute Gasteiger partial charge is 0.497 e. The van der Waals surface area contributed by atoms with Crippen LogP contribution in [0.3, 0.4) is 0 Å². The number of methoxy groups -OCH3 is 2. The SMILES string of the molecule is COc1cc(OC)cc(C(=O)NNC(=O)COc2ccc(C(=O)c3ccccc3)cc2)c1. The first-order chi connectivity index (χ1) is 15.5. The first kappa shape index (κ1) is 22.4. The van der Waals surface area contributed by atoms with Crippen LogP contribution in [0.1, 0.15) is 26.3 Å². The summed E-state index contributed by atoms with van der Waals surface area (Å²) in [6.07, 6.45) is 0. The fraction of sp³-hybridized carbons (Fsp3) is 0.125. The van der Waals surface area contributed by atoms with Crippen molar-refractivity contribution >= 4 is 17.6 Å². The lowest BCUT2D eigenvalue weighted by Gasteiger charge is -2.11. The molecule has 0 fully saturated rings. The average molecular weight is 434 g/mol. The summed E-state index contributed by atoms with van der Waals surface area (Å²) in [6, 6.07) is 20.0. The Morgan fingerprint density at radius 1 is 0.688 bits per heavy atom. The van der Waals surface area contributed by atoms with Crippen molar-refractivity contribution in [2.24, 2.45) is 0 Å². The minimum atomic E-state index is -0.558. The van der Waals surface area contributed by atoms with E-state index in [4.69, 9.17) is 14.2 Å². The molecule has 0 saturated carbocycles. The van der Waals surface area contributed by atoms with Gasteiger partial charge in [0.1, 0.15) is 17.2 Å². The molecule has 8 heteroatoms. The minimum Gasteiger partial charge on any atom is -0.497 e. The van der Waals surface area contributed by atoms with E-state index in [1.165, 1.54) is 26.4 Å². The zero-order chi connectivity index (χ0) is 22.9.